The molecule has 0 aliphatic heterocycles. The predicted octanol–water partition coefficient (Wildman–Crippen LogP) is 3.97. The van der Waals surface area contributed by atoms with Crippen molar-refractivity contribution in [2.75, 3.05) is 0 Å². The van der Waals surface area contributed by atoms with E-state index in [9.17, 15) is 8.78 Å². The van der Waals surface area contributed by atoms with Crippen molar-refractivity contribution in [1.82, 2.24) is 0 Å². The number of oxime groups is 1. The third-order valence-corrected chi connectivity index (χ3v) is 3.99. The fraction of sp³-hybridized carbons (Fsp3) is 0. The Morgan fingerprint density at radius 1 is 1.15 bits per heavy atom. The molecule has 104 valence electrons. The van der Waals surface area contributed by atoms with E-state index in [1.54, 1.807) is 18.2 Å². The van der Waals surface area contributed by atoms with Gasteiger partial charge in [0.2, 0.25) is 0 Å². The molecule has 0 bridgehead atoms. The van der Waals surface area contributed by atoms with E-state index in [2.05, 4.69) is 21.1 Å². The molecule has 0 amide bonds. The smallest absolute Gasteiger partial charge is 0.171 e. The molecule has 0 heterocycles. The van der Waals surface area contributed by atoms with E-state index in [-0.39, 0.29) is 5.84 Å². The molecule has 0 spiro atoms. The van der Waals surface area contributed by atoms with Gasteiger partial charge in [-0.3, -0.25) is 0 Å². The molecule has 0 fully saturated rings. The highest BCUT2D eigenvalue weighted by atomic mass is 79.9. The normalized spacial score (nSPS) is 11.7. The maximum absolute atomic E-state index is 13.2. The lowest BCUT2D eigenvalue weighted by atomic mass is 10.2. The van der Waals surface area contributed by atoms with E-state index < -0.39 is 11.6 Å². The van der Waals surface area contributed by atoms with Crippen molar-refractivity contribution >= 4 is 33.5 Å². The van der Waals surface area contributed by atoms with Crippen molar-refractivity contribution in [2.45, 2.75) is 9.79 Å². The average molecular weight is 359 g/mol. The summed E-state index contributed by atoms with van der Waals surface area (Å²) >= 11 is 4.50. The summed E-state index contributed by atoms with van der Waals surface area (Å²) in [6.45, 7) is 0. The molecule has 0 aliphatic carbocycles. The van der Waals surface area contributed by atoms with Crippen LogP contribution in [0, 0.1) is 11.6 Å². The van der Waals surface area contributed by atoms with Gasteiger partial charge in [0.15, 0.2) is 17.5 Å². The minimum atomic E-state index is -0.921. The molecule has 2 aromatic rings. The molecule has 2 aromatic carbocycles. The molecule has 7 heteroatoms. The fourth-order valence-corrected chi connectivity index (χ4v) is 3.05. The molecule has 0 saturated carbocycles. The van der Waals surface area contributed by atoms with Crippen molar-refractivity contribution < 1.29 is 14.0 Å². The topological polar surface area (TPSA) is 58.6 Å². The van der Waals surface area contributed by atoms with E-state index in [0.29, 0.717) is 15.4 Å². The van der Waals surface area contributed by atoms with Crippen LogP contribution in [0.2, 0.25) is 0 Å². The number of amidine groups is 1. The van der Waals surface area contributed by atoms with Crippen molar-refractivity contribution in [3.8, 4) is 0 Å². The highest BCUT2D eigenvalue weighted by molar-refractivity contribution is 9.10. The lowest BCUT2D eigenvalue weighted by Gasteiger charge is -2.09. The second-order valence-corrected chi connectivity index (χ2v) is 5.83. The highest BCUT2D eigenvalue weighted by Gasteiger charge is 2.11. The van der Waals surface area contributed by atoms with Crippen molar-refractivity contribution in [1.29, 1.82) is 0 Å². The van der Waals surface area contributed by atoms with Crippen LogP contribution in [0.5, 0.6) is 0 Å². The monoisotopic (exact) mass is 358 g/mol. The van der Waals surface area contributed by atoms with Gasteiger partial charge in [-0.15, -0.1) is 0 Å². The molecular weight excluding hydrogens is 350 g/mol. The van der Waals surface area contributed by atoms with Gasteiger partial charge >= 0.3 is 0 Å². The van der Waals surface area contributed by atoms with Gasteiger partial charge in [-0.2, -0.15) is 0 Å². The number of hydrogen-bond acceptors (Lipinski definition) is 3. The van der Waals surface area contributed by atoms with E-state index in [4.69, 9.17) is 10.9 Å². The first-order valence-electron chi connectivity index (χ1n) is 5.41. The Morgan fingerprint density at radius 2 is 1.90 bits per heavy atom. The molecule has 0 radical (unpaired) electrons. The highest BCUT2D eigenvalue weighted by Crippen LogP contribution is 2.33. The first kappa shape index (κ1) is 14.8. The lowest BCUT2D eigenvalue weighted by molar-refractivity contribution is 0.318. The van der Waals surface area contributed by atoms with Crippen LogP contribution in [-0.2, 0) is 0 Å². The molecular formula is C13H9BrF2N2OS. The van der Waals surface area contributed by atoms with Gasteiger partial charge in [-0.1, -0.05) is 32.8 Å². The minimum Gasteiger partial charge on any atom is -0.409 e. The lowest BCUT2D eigenvalue weighted by Crippen LogP contribution is -2.14. The maximum atomic E-state index is 13.2. The maximum Gasteiger partial charge on any atom is 0.171 e. The molecule has 3 N–H and O–H groups in total. The van der Waals surface area contributed by atoms with Crippen molar-refractivity contribution in [2.24, 2.45) is 10.9 Å². The van der Waals surface area contributed by atoms with E-state index >= 15 is 0 Å². The largest absolute Gasteiger partial charge is 0.409 e. The van der Waals surface area contributed by atoms with Crippen LogP contribution in [0.15, 0.2) is 55.8 Å². The second kappa shape index (κ2) is 6.23. The van der Waals surface area contributed by atoms with Gasteiger partial charge in [0, 0.05) is 19.8 Å². The van der Waals surface area contributed by atoms with Gasteiger partial charge < -0.3 is 10.9 Å². The Labute approximate surface area is 126 Å². The molecule has 3 nitrogen and oxygen atoms in total. The summed E-state index contributed by atoms with van der Waals surface area (Å²) in [7, 11) is 0. The number of nitrogens with zero attached hydrogens (tertiary/aromatic N) is 1. The minimum absolute atomic E-state index is 0.0532. The summed E-state index contributed by atoms with van der Waals surface area (Å²) in [5.74, 6) is -1.88. The summed E-state index contributed by atoms with van der Waals surface area (Å²) in [4.78, 5) is 1.16. The van der Waals surface area contributed by atoms with Crippen LogP contribution < -0.4 is 5.73 Å². The van der Waals surface area contributed by atoms with Gasteiger partial charge in [-0.25, -0.2) is 8.78 Å². The van der Waals surface area contributed by atoms with E-state index in [1.165, 1.54) is 17.8 Å². The van der Waals surface area contributed by atoms with Gasteiger partial charge in [0.25, 0.3) is 0 Å². The van der Waals surface area contributed by atoms with Crippen LogP contribution in [0.3, 0.4) is 0 Å². The first-order chi connectivity index (χ1) is 9.51. The SMILES string of the molecule is N/C(=N/O)c1ccc(Br)cc1Sc1ccc(F)c(F)c1. The fourth-order valence-electron chi connectivity index (χ4n) is 1.51. The molecule has 0 atom stereocenters. The third kappa shape index (κ3) is 3.29. The van der Waals surface area contributed by atoms with Gasteiger partial charge in [0.05, 0.1) is 0 Å². The summed E-state index contributed by atoms with van der Waals surface area (Å²) in [6, 6.07) is 8.76. The quantitative estimate of drug-likeness (QED) is 0.377. The number of rotatable bonds is 3. The van der Waals surface area contributed by atoms with Crippen LogP contribution >= 0.6 is 27.7 Å². The Bertz CT molecular complexity index is 679. The number of benzene rings is 2. The first-order valence-corrected chi connectivity index (χ1v) is 7.02. The zero-order valence-corrected chi connectivity index (χ0v) is 12.4. The Balaban J connectivity index is 2.41. The summed E-state index contributed by atoms with van der Waals surface area (Å²) in [5.41, 5.74) is 6.10. The standard InChI is InChI=1S/C13H9BrF2N2OS/c14-7-1-3-9(13(17)18-19)12(5-7)20-8-2-4-10(15)11(16)6-8/h1-6,19H,(H2,17,18). The van der Waals surface area contributed by atoms with Crippen LogP contribution in [0.1, 0.15) is 5.56 Å². The molecule has 0 unspecified atom stereocenters. The molecule has 2 rings (SSSR count). The van der Waals surface area contributed by atoms with Crippen LogP contribution in [0.25, 0.3) is 0 Å². The average Bonchev–Trinajstić information content (AvgIpc) is 2.42. The van der Waals surface area contributed by atoms with Gasteiger partial charge in [0.1, 0.15) is 0 Å². The predicted molar refractivity (Wildman–Crippen MR) is 77.1 cm³/mol. The van der Waals surface area contributed by atoms with Gasteiger partial charge in [-0.05, 0) is 36.4 Å². The van der Waals surface area contributed by atoms with Crippen molar-refractivity contribution in [3.63, 3.8) is 0 Å². The van der Waals surface area contributed by atoms with Crippen LogP contribution in [-0.4, -0.2) is 11.0 Å². The summed E-state index contributed by atoms with van der Waals surface area (Å²) in [5, 5.41) is 11.7. The van der Waals surface area contributed by atoms with Crippen molar-refractivity contribution in [3.05, 3.63) is 58.1 Å². The molecule has 20 heavy (non-hydrogen) atoms. The van der Waals surface area contributed by atoms with Crippen LogP contribution in [0.4, 0.5) is 8.78 Å². The Kier molecular flexibility index (Phi) is 4.61. The molecule has 0 aliphatic rings. The Hall–Kier alpha value is -1.60. The number of halogens is 3. The summed E-state index contributed by atoms with van der Waals surface area (Å²) < 4.78 is 26.9. The second-order valence-electron chi connectivity index (χ2n) is 3.80. The van der Waals surface area contributed by atoms with E-state index in [1.807, 2.05) is 0 Å². The van der Waals surface area contributed by atoms with E-state index in [0.717, 1.165) is 16.6 Å². The zero-order chi connectivity index (χ0) is 14.7. The summed E-state index contributed by atoms with van der Waals surface area (Å²) in [6.07, 6.45) is 0. The Morgan fingerprint density at radius 3 is 2.55 bits per heavy atom. The number of nitrogens with two attached hydrogens (primary N) is 1. The molecule has 0 saturated heterocycles. The molecule has 0 aromatic heterocycles. The number of hydrogen-bond donors (Lipinski definition) is 2. The third-order valence-electron chi connectivity index (χ3n) is 2.45. The zero-order valence-electron chi connectivity index (χ0n) is 9.98.